The molecule has 2 N–H and O–H groups in total. The van der Waals surface area contributed by atoms with E-state index in [9.17, 15) is 4.79 Å². The molecule has 0 aliphatic heterocycles. The van der Waals surface area contributed by atoms with E-state index in [1.54, 1.807) is 6.07 Å². The van der Waals surface area contributed by atoms with Crippen molar-refractivity contribution in [2.75, 3.05) is 6.54 Å². The third-order valence-electron chi connectivity index (χ3n) is 0.729. The average molecular weight is 140 g/mol. The zero-order valence-corrected chi connectivity index (χ0v) is 5.42. The molecular formula is C6H8N2O2. The molecular weight excluding hydrogens is 132 g/mol. The van der Waals surface area contributed by atoms with Crippen LogP contribution in [0.2, 0.25) is 0 Å². The molecule has 0 spiro atoms. The van der Waals surface area contributed by atoms with Gasteiger partial charge in [-0.1, -0.05) is 6.58 Å². The molecule has 0 rings (SSSR count). The van der Waals surface area contributed by atoms with Gasteiger partial charge in [0.15, 0.2) is 0 Å². The molecule has 0 atom stereocenters. The SMILES string of the molecule is C=C(O)CNC(=O)CC#N. The Hall–Kier alpha value is -1.50. The van der Waals surface area contributed by atoms with E-state index < -0.39 is 5.91 Å². The van der Waals surface area contributed by atoms with E-state index in [4.69, 9.17) is 10.4 Å². The summed E-state index contributed by atoms with van der Waals surface area (Å²) < 4.78 is 0. The van der Waals surface area contributed by atoms with Crippen LogP contribution in [0.3, 0.4) is 0 Å². The van der Waals surface area contributed by atoms with Crippen molar-refractivity contribution in [3.05, 3.63) is 12.3 Å². The number of carbonyl (C=O) groups is 1. The molecule has 0 radical (unpaired) electrons. The summed E-state index contributed by atoms with van der Waals surface area (Å²) in [6.07, 6.45) is -0.187. The van der Waals surface area contributed by atoms with Gasteiger partial charge in [0.2, 0.25) is 5.91 Å². The largest absolute Gasteiger partial charge is 0.511 e. The maximum absolute atomic E-state index is 10.5. The summed E-state index contributed by atoms with van der Waals surface area (Å²) in [7, 11) is 0. The lowest BCUT2D eigenvalue weighted by atomic mass is 10.4. The number of aliphatic hydroxyl groups excluding tert-OH is 1. The monoisotopic (exact) mass is 140 g/mol. The number of aliphatic hydroxyl groups is 1. The van der Waals surface area contributed by atoms with Crippen LogP contribution in [0.25, 0.3) is 0 Å². The summed E-state index contributed by atoms with van der Waals surface area (Å²) in [4.78, 5) is 10.5. The molecule has 0 fully saturated rings. The van der Waals surface area contributed by atoms with Crippen LogP contribution in [0, 0.1) is 11.3 Å². The summed E-state index contributed by atoms with van der Waals surface area (Å²) in [6.45, 7) is 3.16. The smallest absolute Gasteiger partial charge is 0.234 e. The molecule has 4 nitrogen and oxygen atoms in total. The van der Waals surface area contributed by atoms with E-state index in [2.05, 4.69) is 11.9 Å². The van der Waals surface area contributed by atoms with Crippen LogP contribution in [0.4, 0.5) is 0 Å². The number of nitriles is 1. The Bertz CT molecular complexity index is 181. The molecule has 4 heteroatoms. The normalized spacial score (nSPS) is 7.90. The first-order chi connectivity index (χ1) is 4.66. The fraction of sp³-hybridized carbons (Fsp3) is 0.333. The summed E-state index contributed by atoms with van der Waals surface area (Å²) in [6, 6.07) is 1.67. The minimum Gasteiger partial charge on any atom is -0.511 e. The first-order valence-corrected chi connectivity index (χ1v) is 2.67. The third-order valence-corrected chi connectivity index (χ3v) is 0.729. The Morgan fingerprint density at radius 2 is 2.40 bits per heavy atom. The van der Waals surface area contributed by atoms with Gasteiger partial charge in [0.05, 0.1) is 12.6 Å². The molecule has 1 amide bonds. The third kappa shape index (κ3) is 4.65. The second-order valence-corrected chi connectivity index (χ2v) is 1.68. The molecule has 0 bridgehead atoms. The highest BCUT2D eigenvalue weighted by Crippen LogP contribution is 1.79. The zero-order valence-electron chi connectivity index (χ0n) is 5.42. The average Bonchev–Trinajstić information content (AvgIpc) is 1.85. The minimum absolute atomic E-state index is 0.0144. The van der Waals surface area contributed by atoms with Crippen LogP contribution in [-0.4, -0.2) is 17.6 Å². The first-order valence-electron chi connectivity index (χ1n) is 2.67. The number of rotatable bonds is 3. The van der Waals surface area contributed by atoms with E-state index in [1.807, 2.05) is 0 Å². The standard InChI is InChI=1S/C6H8N2O2/c1-5(9)4-8-6(10)2-3-7/h9H,1-2,4H2,(H,8,10). The van der Waals surface area contributed by atoms with Gasteiger partial charge in [0.25, 0.3) is 0 Å². The Kier molecular flexibility index (Phi) is 3.73. The van der Waals surface area contributed by atoms with E-state index in [1.165, 1.54) is 0 Å². The fourth-order valence-corrected chi connectivity index (χ4v) is 0.335. The molecule has 10 heavy (non-hydrogen) atoms. The van der Waals surface area contributed by atoms with Crippen molar-refractivity contribution in [3.8, 4) is 6.07 Å². The number of nitrogens with one attached hydrogen (secondary N) is 1. The lowest BCUT2D eigenvalue weighted by Crippen LogP contribution is -2.24. The van der Waals surface area contributed by atoms with Crippen LogP contribution in [0.15, 0.2) is 12.3 Å². The van der Waals surface area contributed by atoms with Crippen molar-refractivity contribution in [1.82, 2.24) is 5.32 Å². The van der Waals surface area contributed by atoms with Crippen molar-refractivity contribution >= 4 is 5.91 Å². The number of amides is 1. The topological polar surface area (TPSA) is 73.1 Å². The number of nitrogens with zero attached hydrogens (tertiary/aromatic N) is 1. The van der Waals surface area contributed by atoms with Crippen LogP contribution >= 0.6 is 0 Å². The molecule has 0 aromatic carbocycles. The molecule has 0 aromatic rings. The number of hydrogen-bond donors (Lipinski definition) is 2. The quantitative estimate of drug-likeness (QED) is 0.545. The highest BCUT2D eigenvalue weighted by Gasteiger charge is 1.97. The van der Waals surface area contributed by atoms with E-state index in [0.29, 0.717) is 0 Å². The minimum atomic E-state index is -0.405. The van der Waals surface area contributed by atoms with E-state index in [0.717, 1.165) is 0 Å². The Labute approximate surface area is 58.8 Å². The van der Waals surface area contributed by atoms with Crippen LogP contribution in [0.5, 0.6) is 0 Å². The van der Waals surface area contributed by atoms with Gasteiger partial charge < -0.3 is 10.4 Å². The van der Waals surface area contributed by atoms with Gasteiger partial charge in [0, 0.05) is 0 Å². The first kappa shape index (κ1) is 8.50. The number of carbonyl (C=O) groups excluding carboxylic acids is 1. The van der Waals surface area contributed by atoms with Crippen LogP contribution < -0.4 is 5.32 Å². The maximum atomic E-state index is 10.5. The predicted octanol–water partition coefficient (Wildman–Crippen LogP) is 0.0880. The Morgan fingerprint density at radius 1 is 1.80 bits per heavy atom. The lowest BCUT2D eigenvalue weighted by Gasteiger charge is -1.98. The van der Waals surface area contributed by atoms with E-state index >= 15 is 0 Å². The predicted molar refractivity (Wildman–Crippen MR) is 35.0 cm³/mol. The van der Waals surface area contributed by atoms with Gasteiger partial charge in [0.1, 0.15) is 12.2 Å². The Morgan fingerprint density at radius 3 is 2.80 bits per heavy atom. The molecule has 0 saturated carbocycles. The lowest BCUT2D eigenvalue weighted by molar-refractivity contribution is -0.120. The van der Waals surface area contributed by atoms with Gasteiger partial charge in [-0.3, -0.25) is 4.79 Å². The van der Waals surface area contributed by atoms with Gasteiger partial charge in [-0.25, -0.2) is 0 Å². The maximum Gasteiger partial charge on any atom is 0.234 e. The van der Waals surface area contributed by atoms with Crippen molar-refractivity contribution in [1.29, 1.82) is 5.26 Å². The second-order valence-electron chi connectivity index (χ2n) is 1.68. The fourth-order valence-electron chi connectivity index (χ4n) is 0.335. The number of hydrogen-bond acceptors (Lipinski definition) is 3. The van der Waals surface area contributed by atoms with E-state index in [-0.39, 0.29) is 18.7 Å². The van der Waals surface area contributed by atoms with Gasteiger partial charge >= 0.3 is 0 Å². The molecule has 0 heterocycles. The molecule has 0 unspecified atom stereocenters. The summed E-state index contributed by atoms with van der Waals surface area (Å²) in [5.41, 5.74) is 0. The van der Waals surface area contributed by atoms with Gasteiger partial charge in [-0.05, 0) is 0 Å². The van der Waals surface area contributed by atoms with Crippen LogP contribution in [0.1, 0.15) is 6.42 Å². The van der Waals surface area contributed by atoms with Crippen molar-refractivity contribution in [3.63, 3.8) is 0 Å². The van der Waals surface area contributed by atoms with Crippen LogP contribution in [-0.2, 0) is 4.79 Å². The highest BCUT2D eigenvalue weighted by molar-refractivity contribution is 5.78. The van der Waals surface area contributed by atoms with Gasteiger partial charge in [-0.2, -0.15) is 5.26 Å². The summed E-state index contributed by atoms with van der Waals surface area (Å²) >= 11 is 0. The molecule has 0 aliphatic rings. The summed E-state index contributed by atoms with van der Waals surface area (Å²) in [5, 5.41) is 18.8. The summed E-state index contributed by atoms with van der Waals surface area (Å²) in [5.74, 6) is -0.524. The van der Waals surface area contributed by atoms with Crippen molar-refractivity contribution < 1.29 is 9.90 Å². The second kappa shape index (κ2) is 4.39. The Balaban J connectivity index is 3.42. The molecule has 0 aliphatic carbocycles. The zero-order chi connectivity index (χ0) is 7.98. The molecule has 0 saturated heterocycles. The van der Waals surface area contributed by atoms with Gasteiger partial charge in [-0.15, -0.1) is 0 Å². The molecule has 54 valence electrons. The van der Waals surface area contributed by atoms with Crippen molar-refractivity contribution in [2.45, 2.75) is 6.42 Å². The van der Waals surface area contributed by atoms with Crippen molar-refractivity contribution in [2.24, 2.45) is 0 Å². The highest BCUT2D eigenvalue weighted by atomic mass is 16.3. The molecule has 0 aromatic heterocycles.